The summed E-state index contributed by atoms with van der Waals surface area (Å²) < 4.78 is 29.4. The summed E-state index contributed by atoms with van der Waals surface area (Å²) in [5.74, 6) is -1.45. The normalized spacial score (nSPS) is 11.4. The van der Waals surface area contributed by atoms with Crippen molar-refractivity contribution < 1.29 is 18.3 Å². The summed E-state index contributed by atoms with van der Waals surface area (Å²) in [4.78, 5) is 10.4. The number of carboxylic acid groups (broad SMARTS) is 1. The lowest BCUT2D eigenvalue weighted by Gasteiger charge is -2.03. The minimum Gasteiger partial charge on any atom is -0.476 e. The van der Waals surface area contributed by atoms with Gasteiger partial charge in [0, 0.05) is 11.5 Å². The van der Waals surface area contributed by atoms with E-state index in [4.69, 9.17) is 5.11 Å². The maximum Gasteiger partial charge on any atom is 0.357 e. The molecule has 12 heteroatoms. The highest BCUT2D eigenvalue weighted by Gasteiger charge is 2.29. The van der Waals surface area contributed by atoms with E-state index in [-0.39, 0.29) is 10.8 Å². The van der Waals surface area contributed by atoms with E-state index in [2.05, 4.69) is 29.7 Å². The number of hydrogen-bond donors (Lipinski definition) is 3. The predicted molar refractivity (Wildman–Crippen MR) is 58.8 cm³/mol. The highest BCUT2D eigenvalue weighted by atomic mass is 32.2. The highest BCUT2D eigenvalue weighted by Crippen LogP contribution is 2.21. The molecule has 0 fully saturated rings. The Bertz CT molecular complexity index is 675. The molecule has 2 rings (SSSR count). The molecule has 96 valence electrons. The number of hydrogen-bond acceptors (Lipinski definition) is 8. The van der Waals surface area contributed by atoms with Crippen molar-refractivity contribution in [1.82, 2.24) is 25.0 Å². The van der Waals surface area contributed by atoms with Crippen LogP contribution in [-0.4, -0.2) is 44.5 Å². The number of sulfonamides is 1. The average molecular weight is 290 g/mol. The molecule has 2 aromatic heterocycles. The first kappa shape index (κ1) is 12.4. The van der Waals surface area contributed by atoms with Crippen molar-refractivity contribution in [2.24, 2.45) is 0 Å². The number of rotatable bonds is 4. The van der Waals surface area contributed by atoms with Crippen molar-refractivity contribution >= 4 is 32.7 Å². The molecule has 18 heavy (non-hydrogen) atoms. The molecule has 2 heterocycles. The van der Waals surface area contributed by atoms with E-state index < -0.39 is 26.6 Å². The Kier molecular flexibility index (Phi) is 2.96. The Hall–Kier alpha value is -2.08. The number of nitrogens with one attached hydrogen (secondary N) is 2. The lowest BCUT2D eigenvalue weighted by atomic mass is 10.4. The molecule has 3 N–H and O–H groups in total. The summed E-state index contributed by atoms with van der Waals surface area (Å²) in [5, 5.41) is 21.1. The molecule has 0 aliphatic carbocycles. The van der Waals surface area contributed by atoms with Gasteiger partial charge in [0.25, 0.3) is 10.0 Å². The fourth-order valence-electron chi connectivity index (χ4n) is 1.23. The molecule has 0 aliphatic heterocycles. The van der Waals surface area contributed by atoms with Crippen LogP contribution in [0.4, 0.5) is 5.13 Å². The highest BCUT2D eigenvalue weighted by molar-refractivity contribution is 7.93. The molecule has 10 nitrogen and oxygen atoms in total. The number of carbonyl (C=O) groups is 1. The summed E-state index contributed by atoms with van der Waals surface area (Å²) in [7, 11) is -4.10. The summed E-state index contributed by atoms with van der Waals surface area (Å²) in [5.41, 5.74) is -0.477. The van der Waals surface area contributed by atoms with Crippen molar-refractivity contribution in [1.29, 1.82) is 0 Å². The maximum atomic E-state index is 12.0. The van der Waals surface area contributed by atoms with E-state index in [1.807, 2.05) is 0 Å². The Morgan fingerprint density at radius 1 is 1.50 bits per heavy atom. The van der Waals surface area contributed by atoms with Crippen LogP contribution >= 0.6 is 11.5 Å². The molecular weight excluding hydrogens is 284 g/mol. The van der Waals surface area contributed by atoms with E-state index >= 15 is 0 Å². The van der Waals surface area contributed by atoms with E-state index in [9.17, 15) is 13.2 Å². The van der Waals surface area contributed by atoms with Gasteiger partial charge in [-0.3, -0.25) is 9.82 Å². The minimum absolute atomic E-state index is 0.0630. The Morgan fingerprint density at radius 3 is 2.78 bits per heavy atom. The second kappa shape index (κ2) is 4.30. The zero-order chi connectivity index (χ0) is 13.3. The van der Waals surface area contributed by atoms with Crippen molar-refractivity contribution in [3.05, 3.63) is 11.4 Å². The van der Waals surface area contributed by atoms with Gasteiger partial charge in [-0.25, -0.2) is 13.2 Å². The third-order valence-electron chi connectivity index (χ3n) is 1.88. The number of aryl methyl sites for hydroxylation is 1. The van der Waals surface area contributed by atoms with Crippen LogP contribution in [0.5, 0.6) is 0 Å². The topological polar surface area (TPSA) is 151 Å². The van der Waals surface area contributed by atoms with Crippen molar-refractivity contribution in [2.45, 2.75) is 11.8 Å². The number of aromatic carboxylic acids is 1. The van der Waals surface area contributed by atoms with Crippen molar-refractivity contribution in [3.63, 3.8) is 0 Å². The fourth-order valence-corrected chi connectivity index (χ4v) is 3.14. The largest absolute Gasteiger partial charge is 0.476 e. The van der Waals surface area contributed by atoms with Crippen LogP contribution in [0.1, 0.15) is 16.2 Å². The van der Waals surface area contributed by atoms with Crippen LogP contribution in [0, 0.1) is 6.92 Å². The first-order chi connectivity index (χ1) is 8.42. The third-order valence-corrected chi connectivity index (χ3v) is 4.02. The monoisotopic (exact) mass is 290 g/mol. The van der Waals surface area contributed by atoms with Crippen LogP contribution < -0.4 is 4.72 Å². The summed E-state index contributed by atoms with van der Waals surface area (Å²) in [6, 6.07) is 0. The molecule has 0 saturated carbocycles. The molecule has 0 amide bonds. The van der Waals surface area contributed by atoms with Crippen LogP contribution in [0.2, 0.25) is 0 Å². The van der Waals surface area contributed by atoms with Crippen LogP contribution in [0.15, 0.2) is 4.90 Å². The van der Waals surface area contributed by atoms with E-state index in [0.29, 0.717) is 0 Å². The lowest BCUT2D eigenvalue weighted by molar-refractivity contribution is 0.0686. The third kappa shape index (κ3) is 2.14. The Balaban J connectivity index is 2.47. The van der Waals surface area contributed by atoms with Crippen molar-refractivity contribution in [2.75, 3.05) is 4.72 Å². The number of carboxylic acids is 1. The second-order valence-electron chi connectivity index (χ2n) is 3.10. The van der Waals surface area contributed by atoms with Gasteiger partial charge in [-0.2, -0.15) is 5.10 Å². The molecule has 0 unspecified atom stereocenters. The molecule has 0 aliphatic rings. The maximum absolute atomic E-state index is 12.0. The molecule has 0 atom stereocenters. The van der Waals surface area contributed by atoms with Crippen molar-refractivity contribution in [3.8, 4) is 0 Å². The number of nitrogens with zero attached hydrogens (tertiary/aromatic N) is 4. The Morgan fingerprint density at radius 2 is 2.22 bits per heavy atom. The lowest BCUT2D eigenvalue weighted by Crippen LogP contribution is -2.16. The smallest absolute Gasteiger partial charge is 0.357 e. The zero-order valence-electron chi connectivity index (χ0n) is 8.78. The number of aromatic amines is 1. The number of anilines is 1. The summed E-state index contributed by atoms with van der Waals surface area (Å²) >= 11 is 0.727. The van der Waals surface area contributed by atoms with Gasteiger partial charge in [-0.05, 0) is 12.1 Å². The number of aromatic nitrogens is 5. The summed E-state index contributed by atoms with van der Waals surface area (Å²) in [6.45, 7) is 1.40. The predicted octanol–water partition coefficient (Wildman–Crippen LogP) is -0.536. The fraction of sp³-hybridized carbons (Fsp3) is 0.167. The van der Waals surface area contributed by atoms with Gasteiger partial charge in [0.1, 0.15) is 4.90 Å². The quantitative estimate of drug-likeness (QED) is 0.679. The van der Waals surface area contributed by atoms with Gasteiger partial charge >= 0.3 is 5.97 Å². The minimum atomic E-state index is -4.10. The van der Waals surface area contributed by atoms with Gasteiger partial charge in [0.05, 0.1) is 5.69 Å². The van der Waals surface area contributed by atoms with Crippen LogP contribution in [0.3, 0.4) is 0 Å². The van der Waals surface area contributed by atoms with E-state index in [1.54, 1.807) is 0 Å². The first-order valence-electron chi connectivity index (χ1n) is 4.38. The molecule has 0 saturated heterocycles. The SMILES string of the molecule is Cc1[nH]nc(C(=O)O)c1S(=O)(=O)Nc1nnns1. The molecule has 0 aromatic carbocycles. The van der Waals surface area contributed by atoms with Gasteiger partial charge in [0.2, 0.25) is 5.13 Å². The molecule has 0 spiro atoms. The Labute approximate surface area is 104 Å². The first-order valence-corrected chi connectivity index (χ1v) is 6.63. The van der Waals surface area contributed by atoms with E-state index in [1.165, 1.54) is 6.92 Å². The molecule has 0 radical (unpaired) electrons. The molecule has 2 aromatic rings. The second-order valence-corrected chi connectivity index (χ2v) is 5.46. The van der Waals surface area contributed by atoms with Gasteiger partial charge in [0.15, 0.2) is 5.69 Å². The molecule has 0 bridgehead atoms. The zero-order valence-corrected chi connectivity index (χ0v) is 10.4. The van der Waals surface area contributed by atoms with Crippen LogP contribution in [0.25, 0.3) is 0 Å². The molecular formula is C6H6N6O4S2. The van der Waals surface area contributed by atoms with Gasteiger partial charge in [-0.15, -0.1) is 0 Å². The average Bonchev–Trinajstić information content (AvgIpc) is 2.86. The van der Waals surface area contributed by atoms with Gasteiger partial charge in [-0.1, -0.05) is 9.59 Å². The standard InChI is InChI=1S/C6H6N6O4S2/c1-2-4(3(5(13)14)8-7-2)18(15,16)10-6-9-11-12-17-6/h1H3,(H,7,8)(H,13,14)(H,9,10,12). The van der Waals surface area contributed by atoms with Gasteiger partial charge < -0.3 is 5.11 Å². The number of H-pyrrole nitrogens is 1. The van der Waals surface area contributed by atoms with E-state index in [0.717, 1.165) is 11.5 Å². The summed E-state index contributed by atoms with van der Waals surface area (Å²) in [6.07, 6.45) is 0. The van der Waals surface area contributed by atoms with Crippen LogP contribution in [-0.2, 0) is 10.0 Å².